The fraction of sp³-hybridized carbons (Fsp3) is 0.450. The summed E-state index contributed by atoms with van der Waals surface area (Å²) >= 11 is 1.01. The highest BCUT2D eigenvalue weighted by Crippen LogP contribution is 2.38. The summed E-state index contributed by atoms with van der Waals surface area (Å²) in [6.07, 6.45) is -4.86. The average Bonchev–Trinajstić information content (AvgIpc) is 3.38. The number of amides is 1. The molecule has 3 N–H and O–H groups in total. The first-order valence-corrected chi connectivity index (χ1v) is 10.9. The molecule has 172 valence electrons. The van der Waals surface area contributed by atoms with Gasteiger partial charge in [-0.25, -0.2) is 18.0 Å². The molecule has 1 saturated heterocycles. The number of nitrogens with one attached hydrogen (secondary N) is 1. The number of carbonyl (C=O) groups is 1. The van der Waals surface area contributed by atoms with Gasteiger partial charge >= 0.3 is 6.09 Å². The predicted molar refractivity (Wildman–Crippen MR) is 116 cm³/mol. The zero-order valence-electron chi connectivity index (χ0n) is 17.3. The summed E-state index contributed by atoms with van der Waals surface area (Å²) in [5, 5.41) is 12.5. The maximum absolute atomic E-state index is 14.7. The second-order valence-corrected chi connectivity index (χ2v) is 8.74. The fourth-order valence-corrected chi connectivity index (χ4v) is 4.61. The molecule has 0 spiro atoms. The van der Waals surface area contributed by atoms with E-state index < -0.39 is 18.8 Å². The molecule has 3 aromatic rings. The van der Waals surface area contributed by atoms with Crippen molar-refractivity contribution in [3.05, 3.63) is 29.3 Å². The molecule has 1 aliphatic rings. The number of hydrogen-bond acceptors (Lipinski definition) is 7. The molecule has 0 radical (unpaired) electrons. The lowest BCUT2D eigenvalue weighted by molar-refractivity contribution is 0.0115. The number of fused-ring (bicyclic) bond motifs is 1. The third-order valence-corrected chi connectivity index (χ3v) is 6.36. The van der Waals surface area contributed by atoms with E-state index in [1.807, 2.05) is 6.07 Å². The molecular weight excluding hydrogens is 445 g/mol. The highest BCUT2D eigenvalue weighted by molar-refractivity contribution is 7.14. The van der Waals surface area contributed by atoms with E-state index in [0.717, 1.165) is 47.5 Å². The van der Waals surface area contributed by atoms with Crippen LogP contribution >= 0.6 is 11.3 Å². The zero-order valence-corrected chi connectivity index (χ0v) is 18.1. The van der Waals surface area contributed by atoms with E-state index in [-0.39, 0.29) is 23.4 Å². The highest BCUT2D eigenvalue weighted by atomic mass is 32.1. The lowest BCUT2D eigenvalue weighted by atomic mass is 10.0. The molecule has 0 bridgehead atoms. The largest absolute Gasteiger partial charge is 0.442 e. The number of rotatable bonds is 7. The minimum Gasteiger partial charge on any atom is -0.442 e. The minimum atomic E-state index is -3.22. The Morgan fingerprint density at radius 2 is 2.06 bits per heavy atom. The Bertz CT molecular complexity index is 1100. The lowest BCUT2D eigenvalue weighted by Crippen LogP contribution is -2.36. The number of nitrogens with two attached hydrogens (primary N) is 1. The van der Waals surface area contributed by atoms with Gasteiger partial charge in [-0.05, 0) is 51.2 Å². The number of alkyl halides is 3. The molecule has 12 heteroatoms. The van der Waals surface area contributed by atoms with Crippen molar-refractivity contribution in [1.29, 1.82) is 0 Å². The van der Waals surface area contributed by atoms with Crippen LogP contribution in [0.15, 0.2) is 24.3 Å². The van der Waals surface area contributed by atoms with Gasteiger partial charge in [-0.2, -0.15) is 0 Å². The van der Waals surface area contributed by atoms with Crippen LogP contribution < -0.4 is 11.1 Å². The van der Waals surface area contributed by atoms with E-state index in [9.17, 15) is 18.0 Å². The quantitative estimate of drug-likeness (QED) is 0.544. The van der Waals surface area contributed by atoms with E-state index in [1.165, 1.54) is 0 Å². The van der Waals surface area contributed by atoms with Gasteiger partial charge < -0.3 is 25.3 Å². The summed E-state index contributed by atoms with van der Waals surface area (Å²) in [6.45, 7) is 1.71. The summed E-state index contributed by atoms with van der Waals surface area (Å²) in [5.74, 6) is 0. The van der Waals surface area contributed by atoms with Crippen molar-refractivity contribution in [1.82, 2.24) is 19.7 Å². The summed E-state index contributed by atoms with van der Waals surface area (Å²) < 4.78 is 47.2. The van der Waals surface area contributed by atoms with Crippen molar-refractivity contribution in [3.63, 3.8) is 0 Å². The first-order chi connectivity index (χ1) is 15.3. The van der Waals surface area contributed by atoms with Crippen LogP contribution in [0.3, 0.4) is 0 Å². The van der Waals surface area contributed by atoms with Gasteiger partial charge in [-0.15, -0.1) is 10.2 Å². The number of ether oxygens (including phenoxy) is 1. The average molecular weight is 469 g/mol. The van der Waals surface area contributed by atoms with Crippen LogP contribution in [0.25, 0.3) is 21.6 Å². The summed E-state index contributed by atoms with van der Waals surface area (Å²) in [4.78, 5) is 13.1. The van der Waals surface area contributed by atoms with Gasteiger partial charge in [0.15, 0.2) is 10.0 Å². The monoisotopic (exact) mass is 468 g/mol. The Labute approximate surface area is 186 Å². The number of carbonyl (C=O) groups excluding carboxylic acids is 1. The van der Waals surface area contributed by atoms with E-state index in [1.54, 1.807) is 18.2 Å². The summed E-state index contributed by atoms with van der Waals surface area (Å²) in [7, 11) is 2.07. The second-order valence-electron chi connectivity index (χ2n) is 7.68. The third kappa shape index (κ3) is 4.65. The molecule has 0 aliphatic carbocycles. The van der Waals surface area contributed by atoms with Crippen LogP contribution in [0.4, 0.5) is 23.7 Å². The van der Waals surface area contributed by atoms with E-state index in [2.05, 4.69) is 27.5 Å². The molecule has 8 nitrogen and oxygen atoms in total. The van der Waals surface area contributed by atoms with Gasteiger partial charge in [0.05, 0.1) is 11.2 Å². The van der Waals surface area contributed by atoms with Crippen molar-refractivity contribution < 1.29 is 22.7 Å². The molecule has 4 rings (SSSR count). The fourth-order valence-electron chi connectivity index (χ4n) is 3.84. The van der Waals surface area contributed by atoms with Crippen LogP contribution in [0.2, 0.25) is 0 Å². The Hall–Kier alpha value is -2.86. The normalized spacial score (nSPS) is 16.5. The van der Waals surface area contributed by atoms with Crippen molar-refractivity contribution >= 4 is 34.0 Å². The van der Waals surface area contributed by atoms with Crippen molar-refractivity contribution in [2.24, 2.45) is 5.73 Å². The number of primary amides is 1. The Morgan fingerprint density at radius 3 is 2.75 bits per heavy atom. The standard InChI is InChI=1S/C20H23F3N6O2S/c1-28-7-5-11(6-8-28)25-13-3-2-4-14-12(13)9-15(29(14)18(23)17(21)22)19-27-26-16(32-19)10-31-20(24)30/h2-4,9,11,17-18,25H,5-8,10H2,1H3,(H2,24,30). The van der Waals surface area contributed by atoms with Crippen molar-refractivity contribution in [2.75, 3.05) is 25.5 Å². The first-order valence-electron chi connectivity index (χ1n) is 10.1. The van der Waals surface area contributed by atoms with Crippen LogP contribution in [0, 0.1) is 0 Å². The Morgan fingerprint density at radius 1 is 1.31 bits per heavy atom. The molecular formula is C20H23F3N6O2S. The summed E-state index contributed by atoms with van der Waals surface area (Å²) in [5.41, 5.74) is 6.21. The topological polar surface area (TPSA) is 98.3 Å². The van der Waals surface area contributed by atoms with Crippen LogP contribution in [0.1, 0.15) is 24.1 Å². The van der Waals surface area contributed by atoms with Crippen LogP contribution in [-0.2, 0) is 11.3 Å². The molecule has 2 aromatic heterocycles. The number of likely N-dealkylation sites (tertiary alicyclic amines) is 1. The highest BCUT2D eigenvalue weighted by Gasteiger charge is 2.28. The molecule has 1 aromatic carbocycles. The number of hydrogen-bond donors (Lipinski definition) is 2. The minimum absolute atomic E-state index is 0.174. The second kappa shape index (κ2) is 9.33. The van der Waals surface area contributed by atoms with E-state index in [4.69, 9.17) is 10.5 Å². The van der Waals surface area contributed by atoms with Gasteiger partial charge in [0.1, 0.15) is 6.61 Å². The zero-order chi connectivity index (χ0) is 22.8. The number of aromatic nitrogens is 3. The number of nitrogens with zero attached hydrogens (tertiary/aromatic N) is 4. The van der Waals surface area contributed by atoms with Gasteiger partial charge in [0.2, 0.25) is 6.30 Å². The van der Waals surface area contributed by atoms with E-state index >= 15 is 0 Å². The SMILES string of the molecule is CN1CCC(Nc2cccc3c2cc(-c2nnc(COC(N)=O)s2)n3C(F)C(F)F)CC1. The molecule has 32 heavy (non-hydrogen) atoms. The Balaban J connectivity index is 1.73. The molecule has 1 unspecified atom stereocenters. The van der Waals surface area contributed by atoms with Crippen LogP contribution in [-0.4, -0.2) is 58.4 Å². The number of halogens is 3. The Kier molecular flexibility index (Phi) is 6.51. The van der Waals surface area contributed by atoms with Gasteiger partial charge in [-0.3, -0.25) is 0 Å². The van der Waals surface area contributed by atoms with Crippen molar-refractivity contribution in [3.8, 4) is 10.7 Å². The number of anilines is 1. The van der Waals surface area contributed by atoms with Gasteiger partial charge in [-0.1, -0.05) is 17.4 Å². The molecule has 1 atom stereocenters. The molecule has 1 aliphatic heterocycles. The van der Waals surface area contributed by atoms with E-state index in [0.29, 0.717) is 15.9 Å². The molecule has 0 saturated carbocycles. The maximum atomic E-state index is 14.7. The molecule has 1 amide bonds. The van der Waals surface area contributed by atoms with Crippen molar-refractivity contribution in [2.45, 2.75) is 38.2 Å². The smallest absolute Gasteiger partial charge is 0.404 e. The molecule has 1 fully saturated rings. The van der Waals surface area contributed by atoms with Gasteiger partial charge in [0.25, 0.3) is 6.43 Å². The summed E-state index contributed by atoms with van der Waals surface area (Å²) in [6, 6.07) is 7.05. The van der Waals surface area contributed by atoms with Gasteiger partial charge in [0, 0.05) is 17.1 Å². The number of piperidine rings is 1. The third-order valence-electron chi connectivity index (χ3n) is 5.44. The molecule has 3 heterocycles. The maximum Gasteiger partial charge on any atom is 0.404 e. The first kappa shape index (κ1) is 22.3. The predicted octanol–water partition coefficient (Wildman–Crippen LogP) is 3.99. The van der Waals surface area contributed by atoms with Crippen LogP contribution in [0.5, 0.6) is 0 Å². The lowest BCUT2D eigenvalue weighted by Gasteiger charge is -2.30. The number of benzene rings is 1.